The van der Waals surface area contributed by atoms with Crippen LogP contribution >= 0.6 is 15.9 Å². The third-order valence-electron chi connectivity index (χ3n) is 3.91. The number of hydrogen-bond acceptors (Lipinski definition) is 5. The molecule has 0 fully saturated rings. The van der Waals surface area contributed by atoms with E-state index in [2.05, 4.69) is 47.2 Å². The summed E-state index contributed by atoms with van der Waals surface area (Å²) >= 11 is 3.42. The molecule has 0 atom stereocenters. The van der Waals surface area contributed by atoms with Crippen molar-refractivity contribution in [3.8, 4) is 17.2 Å². The number of para-hydroxylation sites is 1. The molecule has 0 aliphatic heterocycles. The van der Waals surface area contributed by atoms with Crippen molar-refractivity contribution >= 4 is 28.1 Å². The van der Waals surface area contributed by atoms with E-state index in [1.54, 1.807) is 20.3 Å². The largest absolute Gasteiger partial charge is 0.493 e. The fraction of sp³-hybridized carbons (Fsp3) is 0.333. The smallest absolute Gasteiger partial charge is 0.277 e. The van der Waals surface area contributed by atoms with Crippen LogP contribution < -0.4 is 19.6 Å². The van der Waals surface area contributed by atoms with Crippen molar-refractivity contribution in [2.24, 2.45) is 5.10 Å². The van der Waals surface area contributed by atoms with Crippen LogP contribution in [0.2, 0.25) is 0 Å². The molecule has 1 amide bonds. The molecule has 1 N–H and O–H groups in total. The molecule has 2 aromatic carbocycles. The first-order valence-corrected chi connectivity index (χ1v) is 9.51. The minimum absolute atomic E-state index is 0.0774. The molecule has 0 unspecified atom stereocenters. The highest BCUT2D eigenvalue weighted by molar-refractivity contribution is 9.10. The standard InChI is InChI=1S/C21H25BrN2O4/c1-21(2,3)15-8-6-7-9-17(15)28-13-19(25)24-23-12-14-10-16(22)20(27-5)18(11-14)26-4/h6-12H,13H2,1-5H3,(H,24,25)/b23-12+. The van der Waals surface area contributed by atoms with Gasteiger partial charge < -0.3 is 14.2 Å². The average molecular weight is 449 g/mol. The van der Waals surface area contributed by atoms with Gasteiger partial charge in [-0.05, 0) is 50.7 Å². The van der Waals surface area contributed by atoms with Crippen LogP contribution in [0.25, 0.3) is 0 Å². The molecule has 28 heavy (non-hydrogen) atoms. The third-order valence-corrected chi connectivity index (χ3v) is 4.50. The van der Waals surface area contributed by atoms with Gasteiger partial charge in [0.1, 0.15) is 5.75 Å². The van der Waals surface area contributed by atoms with Crippen molar-refractivity contribution in [1.82, 2.24) is 5.43 Å². The molecule has 2 rings (SSSR count). The molecule has 0 spiro atoms. The zero-order valence-corrected chi connectivity index (χ0v) is 18.3. The van der Waals surface area contributed by atoms with E-state index in [1.807, 2.05) is 30.3 Å². The topological polar surface area (TPSA) is 69.2 Å². The van der Waals surface area contributed by atoms with Crippen LogP contribution in [-0.4, -0.2) is 32.9 Å². The Morgan fingerprint density at radius 2 is 1.86 bits per heavy atom. The van der Waals surface area contributed by atoms with Crippen LogP contribution in [0.4, 0.5) is 0 Å². The molecule has 0 radical (unpaired) electrons. The Bertz CT molecular complexity index is 860. The maximum absolute atomic E-state index is 12.1. The van der Waals surface area contributed by atoms with Gasteiger partial charge in [-0.1, -0.05) is 39.0 Å². The Morgan fingerprint density at radius 3 is 2.50 bits per heavy atom. The van der Waals surface area contributed by atoms with Crippen LogP contribution in [-0.2, 0) is 10.2 Å². The zero-order chi connectivity index (χ0) is 20.7. The maximum Gasteiger partial charge on any atom is 0.277 e. The van der Waals surface area contributed by atoms with E-state index < -0.39 is 0 Å². The van der Waals surface area contributed by atoms with Gasteiger partial charge in [-0.15, -0.1) is 0 Å². The predicted octanol–water partition coefficient (Wildman–Crippen LogP) is 4.29. The molecule has 7 heteroatoms. The fourth-order valence-corrected chi connectivity index (χ4v) is 3.20. The number of hydrazone groups is 1. The SMILES string of the molecule is COc1cc(/C=N/NC(=O)COc2ccccc2C(C)(C)C)cc(Br)c1OC. The normalized spacial score (nSPS) is 11.4. The Hall–Kier alpha value is -2.54. The van der Waals surface area contributed by atoms with Gasteiger partial charge in [0.25, 0.3) is 5.91 Å². The Morgan fingerprint density at radius 1 is 1.14 bits per heavy atom. The summed E-state index contributed by atoms with van der Waals surface area (Å²) in [7, 11) is 3.12. The summed E-state index contributed by atoms with van der Waals surface area (Å²) in [6.07, 6.45) is 1.52. The number of carbonyl (C=O) groups excluding carboxylic acids is 1. The Balaban J connectivity index is 1.98. The molecule has 150 valence electrons. The molecular weight excluding hydrogens is 424 g/mol. The van der Waals surface area contributed by atoms with Gasteiger partial charge in [0.05, 0.1) is 24.9 Å². The second-order valence-corrected chi connectivity index (χ2v) is 7.92. The number of nitrogens with one attached hydrogen (secondary N) is 1. The second-order valence-electron chi connectivity index (χ2n) is 7.07. The van der Waals surface area contributed by atoms with Gasteiger partial charge in [0.15, 0.2) is 18.1 Å². The van der Waals surface area contributed by atoms with E-state index >= 15 is 0 Å². The second kappa shape index (κ2) is 9.59. The molecule has 0 saturated carbocycles. The van der Waals surface area contributed by atoms with E-state index in [0.717, 1.165) is 15.6 Å². The number of benzene rings is 2. The van der Waals surface area contributed by atoms with E-state index in [4.69, 9.17) is 14.2 Å². The minimum atomic E-state index is -0.348. The lowest BCUT2D eigenvalue weighted by Crippen LogP contribution is -2.25. The summed E-state index contributed by atoms with van der Waals surface area (Å²) in [6, 6.07) is 11.3. The van der Waals surface area contributed by atoms with E-state index in [1.165, 1.54) is 6.21 Å². The molecule has 0 bridgehead atoms. The van der Waals surface area contributed by atoms with Crippen molar-refractivity contribution in [3.05, 3.63) is 52.0 Å². The molecule has 0 aliphatic carbocycles. The number of carbonyl (C=O) groups is 1. The predicted molar refractivity (Wildman–Crippen MR) is 114 cm³/mol. The summed E-state index contributed by atoms with van der Waals surface area (Å²) in [5.41, 5.74) is 4.17. The summed E-state index contributed by atoms with van der Waals surface area (Å²) in [4.78, 5) is 12.1. The fourth-order valence-electron chi connectivity index (χ4n) is 2.58. The van der Waals surface area contributed by atoms with Crippen molar-refractivity contribution in [3.63, 3.8) is 0 Å². The number of methoxy groups -OCH3 is 2. The maximum atomic E-state index is 12.1. The first-order valence-electron chi connectivity index (χ1n) is 8.72. The molecular formula is C21H25BrN2O4. The first-order chi connectivity index (χ1) is 13.3. The first kappa shape index (κ1) is 21.8. The molecule has 6 nitrogen and oxygen atoms in total. The molecule has 2 aromatic rings. The Labute approximate surface area is 174 Å². The zero-order valence-electron chi connectivity index (χ0n) is 16.7. The number of nitrogens with zero attached hydrogens (tertiary/aromatic N) is 1. The highest BCUT2D eigenvalue weighted by Gasteiger charge is 2.18. The van der Waals surface area contributed by atoms with Crippen molar-refractivity contribution in [2.75, 3.05) is 20.8 Å². The van der Waals surface area contributed by atoms with Crippen molar-refractivity contribution in [2.45, 2.75) is 26.2 Å². The van der Waals surface area contributed by atoms with E-state index in [-0.39, 0.29) is 17.9 Å². The molecule has 0 aromatic heterocycles. The lowest BCUT2D eigenvalue weighted by Gasteiger charge is -2.22. The van der Waals surface area contributed by atoms with Crippen LogP contribution in [0, 0.1) is 0 Å². The summed E-state index contributed by atoms with van der Waals surface area (Å²) in [5, 5.41) is 3.98. The number of amides is 1. The number of halogens is 1. The molecule has 0 saturated heterocycles. The highest BCUT2D eigenvalue weighted by Crippen LogP contribution is 2.35. The number of hydrogen-bond donors (Lipinski definition) is 1. The van der Waals surface area contributed by atoms with Crippen molar-refractivity contribution < 1.29 is 19.0 Å². The van der Waals surface area contributed by atoms with Crippen LogP contribution in [0.15, 0.2) is 46.0 Å². The van der Waals surface area contributed by atoms with Crippen LogP contribution in [0.5, 0.6) is 17.2 Å². The lowest BCUT2D eigenvalue weighted by molar-refractivity contribution is -0.123. The van der Waals surface area contributed by atoms with Gasteiger partial charge in [0.2, 0.25) is 0 Å². The molecule has 0 aliphatic rings. The number of ether oxygens (including phenoxy) is 3. The van der Waals surface area contributed by atoms with E-state index in [9.17, 15) is 4.79 Å². The Kier molecular flexibility index (Phi) is 7.45. The average Bonchev–Trinajstić information content (AvgIpc) is 2.65. The number of rotatable bonds is 7. The third kappa shape index (κ3) is 5.73. The lowest BCUT2D eigenvalue weighted by atomic mass is 9.86. The highest BCUT2D eigenvalue weighted by atomic mass is 79.9. The van der Waals surface area contributed by atoms with E-state index in [0.29, 0.717) is 17.2 Å². The van der Waals surface area contributed by atoms with Gasteiger partial charge >= 0.3 is 0 Å². The summed E-state index contributed by atoms with van der Waals surface area (Å²) in [5.74, 6) is 1.50. The monoisotopic (exact) mass is 448 g/mol. The van der Waals surface area contributed by atoms with Crippen LogP contribution in [0.1, 0.15) is 31.9 Å². The molecule has 0 heterocycles. The van der Waals surface area contributed by atoms with Crippen LogP contribution in [0.3, 0.4) is 0 Å². The van der Waals surface area contributed by atoms with Crippen molar-refractivity contribution in [1.29, 1.82) is 0 Å². The van der Waals surface area contributed by atoms with Gasteiger partial charge in [0, 0.05) is 0 Å². The van der Waals surface area contributed by atoms with Gasteiger partial charge in [-0.25, -0.2) is 5.43 Å². The minimum Gasteiger partial charge on any atom is -0.493 e. The summed E-state index contributed by atoms with van der Waals surface area (Å²) in [6.45, 7) is 6.17. The van der Waals surface area contributed by atoms with Gasteiger partial charge in [-0.2, -0.15) is 5.10 Å². The van der Waals surface area contributed by atoms with Gasteiger partial charge in [-0.3, -0.25) is 4.79 Å². The quantitative estimate of drug-likeness (QED) is 0.506. The summed E-state index contributed by atoms with van der Waals surface area (Å²) < 4.78 is 17.0.